The number of ether oxygens (including phenoxy) is 1. The maximum atomic E-state index is 11.7. The third kappa shape index (κ3) is 4.35. The van der Waals surface area contributed by atoms with Crippen LogP contribution < -0.4 is 22.1 Å². The fourth-order valence-corrected chi connectivity index (χ4v) is 2.78. The topological polar surface area (TPSA) is 146 Å². The molecule has 0 unspecified atom stereocenters. The van der Waals surface area contributed by atoms with Crippen LogP contribution in [0.5, 0.6) is 0 Å². The van der Waals surface area contributed by atoms with Gasteiger partial charge in [0, 0.05) is 49.7 Å². The largest absolute Gasteiger partial charge is 0.383 e. The second kappa shape index (κ2) is 8.19. The number of hydrogen-bond acceptors (Lipinski definition) is 8. The van der Waals surface area contributed by atoms with Gasteiger partial charge in [0.15, 0.2) is 11.5 Å². The van der Waals surface area contributed by atoms with E-state index in [4.69, 9.17) is 16.2 Å². The number of nitrogens with two attached hydrogens (primary N) is 2. The second-order valence-corrected chi connectivity index (χ2v) is 6.64. The van der Waals surface area contributed by atoms with Crippen molar-refractivity contribution in [3.05, 3.63) is 36.3 Å². The highest BCUT2D eigenvalue weighted by molar-refractivity contribution is 5.96. The van der Waals surface area contributed by atoms with E-state index in [1.165, 1.54) is 0 Å². The van der Waals surface area contributed by atoms with Gasteiger partial charge in [-0.2, -0.15) is 4.98 Å². The first-order chi connectivity index (χ1) is 13.4. The number of hydrogen-bond donors (Lipinski definition) is 4. The number of nitrogens with one attached hydrogen (secondary N) is 2. The highest BCUT2D eigenvalue weighted by Crippen LogP contribution is 2.23. The smallest absolute Gasteiger partial charge is 0.273 e. The Bertz CT molecular complexity index is 987. The fraction of sp³-hybridized carbons (Fsp3) is 0.333. The van der Waals surface area contributed by atoms with Crippen LogP contribution in [0.4, 0.5) is 17.5 Å². The van der Waals surface area contributed by atoms with Crippen molar-refractivity contribution in [2.24, 2.45) is 18.5 Å². The Kier molecular flexibility index (Phi) is 5.71. The Morgan fingerprint density at radius 2 is 2.04 bits per heavy atom. The molecule has 28 heavy (non-hydrogen) atoms. The number of carbonyl (C=O) groups is 1. The van der Waals surface area contributed by atoms with Crippen LogP contribution in [-0.2, 0) is 11.8 Å². The van der Waals surface area contributed by atoms with Crippen molar-refractivity contribution >= 4 is 34.1 Å². The molecule has 3 rings (SSSR count). The Hall–Kier alpha value is -3.24. The Morgan fingerprint density at radius 3 is 2.75 bits per heavy atom. The number of primary amides is 1. The van der Waals surface area contributed by atoms with Crippen molar-refractivity contribution in [3.63, 3.8) is 0 Å². The van der Waals surface area contributed by atoms with E-state index in [2.05, 4.69) is 25.8 Å². The summed E-state index contributed by atoms with van der Waals surface area (Å²) >= 11 is 0. The van der Waals surface area contributed by atoms with Crippen LogP contribution >= 0.6 is 0 Å². The first kappa shape index (κ1) is 19.5. The summed E-state index contributed by atoms with van der Waals surface area (Å²) in [5.41, 5.74) is 12.1. The quantitative estimate of drug-likeness (QED) is 0.449. The minimum atomic E-state index is -0.723. The molecule has 10 nitrogen and oxygen atoms in total. The lowest BCUT2D eigenvalue weighted by atomic mass is 10.2. The SMILES string of the molecule is COC[C@H](N)[C@@H](C)Nc1nnc(C(N)=O)c(Nc2ccc3cn(C)cc3c2)n1. The summed E-state index contributed by atoms with van der Waals surface area (Å²) in [5, 5.41) is 16.2. The number of amides is 1. The normalized spacial score (nSPS) is 13.3. The molecule has 1 amide bonds. The van der Waals surface area contributed by atoms with Crippen molar-refractivity contribution in [1.82, 2.24) is 19.7 Å². The highest BCUT2D eigenvalue weighted by Gasteiger charge is 2.18. The molecule has 0 aliphatic carbocycles. The minimum Gasteiger partial charge on any atom is -0.383 e. The predicted molar refractivity (Wildman–Crippen MR) is 107 cm³/mol. The van der Waals surface area contributed by atoms with E-state index in [0.29, 0.717) is 6.61 Å². The molecule has 0 aliphatic rings. The molecule has 0 spiro atoms. The molecule has 2 aromatic heterocycles. The third-order valence-corrected chi connectivity index (χ3v) is 4.31. The zero-order chi connectivity index (χ0) is 20.3. The van der Waals surface area contributed by atoms with Crippen molar-refractivity contribution in [1.29, 1.82) is 0 Å². The zero-order valence-corrected chi connectivity index (χ0v) is 16.0. The summed E-state index contributed by atoms with van der Waals surface area (Å²) in [4.78, 5) is 16.1. The number of nitrogens with zero attached hydrogens (tertiary/aromatic N) is 4. The van der Waals surface area contributed by atoms with Crippen molar-refractivity contribution < 1.29 is 9.53 Å². The fourth-order valence-electron chi connectivity index (χ4n) is 2.78. The van der Waals surface area contributed by atoms with Crippen LogP contribution in [-0.4, -0.2) is 51.5 Å². The first-order valence-electron chi connectivity index (χ1n) is 8.75. The molecule has 0 fully saturated rings. The summed E-state index contributed by atoms with van der Waals surface area (Å²) < 4.78 is 7.03. The van der Waals surface area contributed by atoms with Gasteiger partial charge >= 0.3 is 0 Å². The average molecular weight is 384 g/mol. The van der Waals surface area contributed by atoms with Gasteiger partial charge in [-0.1, -0.05) is 6.07 Å². The molecule has 0 radical (unpaired) electrons. The molecule has 3 aromatic rings. The summed E-state index contributed by atoms with van der Waals surface area (Å²) in [6.45, 7) is 2.26. The maximum Gasteiger partial charge on any atom is 0.273 e. The van der Waals surface area contributed by atoms with Crippen molar-refractivity contribution in [2.75, 3.05) is 24.4 Å². The maximum absolute atomic E-state index is 11.7. The van der Waals surface area contributed by atoms with Gasteiger partial charge in [-0.05, 0) is 24.4 Å². The van der Waals surface area contributed by atoms with Crippen LogP contribution in [0.1, 0.15) is 17.4 Å². The van der Waals surface area contributed by atoms with Gasteiger partial charge in [0.2, 0.25) is 5.95 Å². The number of fused-ring (bicyclic) bond motifs is 1. The summed E-state index contributed by atoms with van der Waals surface area (Å²) in [5.74, 6) is -0.279. The van der Waals surface area contributed by atoms with E-state index in [0.717, 1.165) is 16.5 Å². The van der Waals surface area contributed by atoms with E-state index < -0.39 is 5.91 Å². The Labute approximate surface area is 162 Å². The minimum absolute atomic E-state index is 0.0486. The molecular formula is C18H24N8O2. The van der Waals surface area contributed by atoms with Crippen LogP contribution in [0.2, 0.25) is 0 Å². The molecule has 1 aromatic carbocycles. The molecule has 0 aliphatic heterocycles. The van der Waals surface area contributed by atoms with E-state index in [1.54, 1.807) is 7.11 Å². The monoisotopic (exact) mass is 384 g/mol. The number of rotatable bonds is 8. The standard InChI is InChI=1S/C18H24N8O2/c1-10(14(19)9-28-3)21-18-23-17(15(16(20)27)24-25-18)22-13-5-4-11-7-26(2)8-12(11)6-13/h4-8,10,14H,9,19H2,1-3H3,(H2,20,27)(H2,21,22,23,25)/t10-,14+/m1/s1. The van der Waals surface area contributed by atoms with Crippen LogP contribution in [0, 0.1) is 0 Å². The van der Waals surface area contributed by atoms with Gasteiger partial charge in [0.05, 0.1) is 6.61 Å². The van der Waals surface area contributed by atoms with Crippen LogP contribution in [0.25, 0.3) is 10.8 Å². The van der Waals surface area contributed by atoms with Crippen LogP contribution in [0.15, 0.2) is 30.6 Å². The van der Waals surface area contributed by atoms with Gasteiger partial charge in [-0.15, -0.1) is 10.2 Å². The molecule has 0 saturated carbocycles. The van der Waals surface area contributed by atoms with Gasteiger partial charge < -0.3 is 31.4 Å². The summed E-state index contributed by atoms with van der Waals surface area (Å²) in [7, 11) is 3.54. The van der Waals surface area contributed by atoms with Gasteiger partial charge in [-0.3, -0.25) is 4.79 Å². The molecule has 0 saturated heterocycles. The van der Waals surface area contributed by atoms with Gasteiger partial charge in [0.1, 0.15) is 0 Å². The van der Waals surface area contributed by atoms with Crippen molar-refractivity contribution in [3.8, 4) is 0 Å². The number of carbonyl (C=O) groups excluding carboxylic acids is 1. The van der Waals surface area contributed by atoms with E-state index in [1.807, 2.05) is 49.1 Å². The number of anilines is 3. The van der Waals surface area contributed by atoms with Gasteiger partial charge in [0.25, 0.3) is 5.91 Å². The molecule has 0 bridgehead atoms. The van der Waals surface area contributed by atoms with Crippen LogP contribution in [0.3, 0.4) is 0 Å². The van der Waals surface area contributed by atoms with Gasteiger partial charge in [-0.25, -0.2) is 0 Å². The lowest BCUT2D eigenvalue weighted by molar-refractivity contribution is 0.0995. The van der Waals surface area contributed by atoms with Crippen molar-refractivity contribution in [2.45, 2.75) is 19.0 Å². The first-order valence-corrected chi connectivity index (χ1v) is 8.75. The molecule has 148 valence electrons. The Balaban J connectivity index is 1.87. The number of methoxy groups -OCH3 is 1. The number of aromatic nitrogens is 4. The number of benzene rings is 1. The molecular weight excluding hydrogens is 360 g/mol. The average Bonchev–Trinajstić information content (AvgIpc) is 3.01. The Morgan fingerprint density at radius 1 is 1.29 bits per heavy atom. The molecule has 10 heteroatoms. The lowest BCUT2D eigenvalue weighted by Gasteiger charge is -2.20. The zero-order valence-electron chi connectivity index (χ0n) is 16.0. The second-order valence-electron chi connectivity index (χ2n) is 6.64. The van der Waals surface area contributed by atoms with E-state index in [-0.39, 0.29) is 29.5 Å². The summed E-state index contributed by atoms with van der Waals surface area (Å²) in [6, 6.07) is 5.38. The molecule has 2 heterocycles. The van der Waals surface area contributed by atoms with E-state index >= 15 is 0 Å². The number of aryl methyl sites for hydroxylation is 1. The molecule has 6 N–H and O–H groups in total. The predicted octanol–water partition coefficient (Wildman–Crippen LogP) is 0.980. The van der Waals surface area contributed by atoms with E-state index in [9.17, 15) is 4.79 Å². The lowest BCUT2D eigenvalue weighted by Crippen LogP contribution is -2.41. The highest BCUT2D eigenvalue weighted by atomic mass is 16.5. The third-order valence-electron chi connectivity index (χ3n) is 4.31. The summed E-state index contributed by atoms with van der Waals surface area (Å²) in [6.07, 6.45) is 4.02. The molecule has 2 atom stereocenters.